The molecule has 0 radical (unpaired) electrons. The molecule has 1 amide bonds. The summed E-state index contributed by atoms with van der Waals surface area (Å²) < 4.78 is 0. The average Bonchev–Trinajstić information content (AvgIpc) is 2.48. The first-order valence-corrected chi connectivity index (χ1v) is 6.99. The predicted molar refractivity (Wildman–Crippen MR) is 74.3 cm³/mol. The highest BCUT2D eigenvalue weighted by atomic mass is 16.1. The van der Waals surface area contributed by atoms with Crippen molar-refractivity contribution in [3.63, 3.8) is 0 Å². The minimum Gasteiger partial charge on any atom is -0.343 e. The normalized spacial score (nSPS) is 17.7. The van der Waals surface area contributed by atoms with E-state index in [9.17, 15) is 4.79 Å². The molecule has 102 valence electrons. The van der Waals surface area contributed by atoms with Crippen LogP contribution in [0.1, 0.15) is 50.4 Å². The molecule has 1 aromatic rings. The largest absolute Gasteiger partial charge is 0.343 e. The van der Waals surface area contributed by atoms with E-state index in [0.717, 1.165) is 6.42 Å². The van der Waals surface area contributed by atoms with Crippen molar-refractivity contribution in [3.05, 3.63) is 36.9 Å². The highest BCUT2D eigenvalue weighted by Crippen LogP contribution is 2.30. The fraction of sp³-hybridized carbons (Fsp3) is 0.533. The standard InChI is InChI=1S/C15H21N3O/c1-2-14(19)18-13(15-16-9-6-10-17-15)11-12-7-4-3-5-8-12/h2,6,9-10,12-13H,1,3-5,7-8,11H2,(H,18,19). The van der Waals surface area contributed by atoms with E-state index in [1.807, 2.05) is 0 Å². The van der Waals surface area contributed by atoms with Crippen LogP contribution in [0, 0.1) is 5.92 Å². The number of hydrogen-bond acceptors (Lipinski definition) is 3. The molecule has 1 N–H and O–H groups in total. The monoisotopic (exact) mass is 259 g/mol. The zero-order chi connectivity index (χ0) is 13.5. The van der Waals surface area contributed by atoms with Gasteiger partial charge in [-0.1, -0.05) is 38.7 Å². The summed E-state index contributed by atoms with van der Waals surface area (Å²) in [4.78, 5) is 20.1. The van der Waals surface area contributed by atoms with E-state index < -0.39 is 0 Å². The van der Waals surface area contributed by atoms with E-state index in [1.165, 1.54) is 38.2 Å². The van der Waals surface area contributed by atoms with Gasteiger partial charge in [-0.05, 0) is 24.5 Å². The Kier molecular flexibility index (Phi) is 5.07. The SMILES string of the molecule is C=CC(=O)NC(CC1CCCCC1)c1ncccn1. The van der Waals surface area contributed by atoms with Crippen molar-refractivity contribution in [3.8, 4) is 0 Å². The van der Waals surface area contributed by atoms with E-state index in [-0.39, 0.29) is 11.9 Å². The van der Waals surface area contributed by atoms with Crippen LogP contribution in [0.15, 0.2) is 31.1 Å². The Balaban J connectivity index is 2.05. The molecule has 0 saturated heterocycles. The summed E-state index contributed by atoms with van der Waals surface area (Å²) in [6, 6.07) is 1.69. The third kappa shape index (κ3) is 4.16. The number of rotatable bonds is 5. The molecule has 0 spiro atoms. The summed E-state index contributed by atoms with van der Waals surface area (Å²) in [6.45, 7) is 3.50. The number of aromatic nitrogens is 2. The highest BCUT2D eigenvalue weighted by molar-refractivity contribution is 5.87. The van der Waals surface area contributed by atoms with Crippen molar-refractivity contribution in [1.82, 2.24) is 15.3 Å². The van der Waals surface area contributed by atoms with E-state index >= 15 is 0 Å². The van der Waals surface area contributed by atoms with Crippen LogP contribution < -0.4 is 5.32 Å². The van der Waals surface area contributed by atoms with Crippen molar-refractivity contribution in [2.24, 2.45) is 5.92 Å². The van der Waals surface area contributed by atoms with Crippen molar-refractivity contribution in [2.75, 3.05) is 0 Å². The lowest BCUT2D eigenvalue weighted by Gasteiger charge is -2.26. The van der Waals surface area contributed by atoms with Crippen LogP contribution in [-0.2, 0) is 4.79 Å². The number of nitrogens with one attached hydrogen (secondary N) is 1. The van der Waals surface area contributed by atoms with Crippen LogP contribution >= 0.6 is 0 Å². The molecule has 2 rings (SSSR count). The van der Waals surface area contributed by atoms with Gasteiger partial charge in [0.25, 0.3) is 0 Å². The summed E-state index contributed by atoms with van der Waals surface area (Å²) >= 11 is 0. The van der Waals surface area contributed by atoms with E-state index in [0.29, 0.717) is 11.7 Å². The minimum absolute atomic E-state index is 0.102. The molecule has 1 atom stereocenters. The quantitative estimate of drug-likeness (QED) is 0.827. The zero-order valence-electron chi connectivity index (χ0n) is 11.2. The molecule has 1 aliphatic rings. The Morgan fingerprint density at radius 2 is 2.05 bits per heavy atom. The molecule has 1 unspecified atom stereocenters. The number of carbonyl (C=O) groups excluding carboxylic acids is 1. The molecule has 1 aliphatic carbocycles. The number of amides is 1. The van der Waals surface area contributed by atoms with Crippen LogP contribution in [0.5, 0.6) is 0 Å². The molecular formula is C15H21N3O. The summed E-state index contributed by atoms with van der Waals surface area (Å²) in [6.07, 6.45) is 12.1. The molecule has 4 heteroatoms. The van der Waals surface area contributed by atoms with Crippen molar-refractivity contribution < 1.29 is 4.79 Å². The second-order valence-electron chi connectivity index (χ2n) is 5.11. The van der Waals surface area contributed by atoms with Gasteiger partial charge in [-0.25, -0.2) is 9.97 Å². The second-order valence-corrected chi connectivity index (χ2v) is 5.11. The molecule has 0 aliphatic heterocycles. The molecule has 1 aromatic heterocycles. The average molecular weight is 259 g/mol. The van der Waals surface area contributed by atoms with Gasteiger partial charge in [-0.2, -0.15) is 0 Å². The van der Waals surface area contributed by atoms with Crippen molar-refractivity contribution in [2.45, 2.75) is 44.6 Å². The summed E-state index contributed by atoms with van der Waals surface area (Å²) in [7, 11) is 0. The van der Waals surface area contributed by atoms with Gasteiger partial charge in [0.1, 0.15) is 5.82 Å². The number of carbonyl (C=O) groups is 1. The number of nitrogens with zero attached hydrogens (tertiary/aromatic N) is 2. The maximum absolute atomic E-state index is 11.6. The fourth-order valence-electron chi connectivity index (χ4n) is 2.71. The minimum atomic E-state index is -0.159. The van der Waals surface area contributed by atoms with Crippen LogP contribution in [0.4, 0.5) is 0 Å². The highest BCUT2D eigenvalue weighted by Gasteiger charge is 2.22. The topological polar surface area (TPSA) is 54.9 Å². The van der Waals surface area contributed by atoms with Gasteiger partial charge < -0.3 is 5.32 Å². The van der Waals surface area contributed by atoms with Crippen molar-refractivity contribution in [1.29, 1.82) is 0 Å². The first-order chi connectivity index (χ1) is 9.29. The first-order valence-electron chi connectivity index (χ1n) is 6.99. The summed E-state index contributed by atoms with van der Waals surface area (Å²) in [5.74, 6) is 1.20. The smallest absolute Gasteiger partial charge is 0.243 e. The lowest BCUT2D eigenvalue weighted by molar-refractivity contribution is -0.117. The summed E-state index contributed by atoms with van der Waals surface area (Å²) in [5, 5.41) is 2.95. The van der Waals surface area contributed by atoms with Gasteiger partial charge in [0.05, 0.1) is 6.04 Å². The van der Waals surface area contributed by atoms with E-state index in [4.69, 9.17) is 0 Å². The third-order valence-electron chi connectivity index (χ3n) is 3.69. The number of hydrogen-bond donors (Lipinski definition) is 1. The molecule has 4 nitrogen and oxygen atoms in total. The van der Waals surface area contributed by atoms with E-state index in [1.54, 1.807) is 18.5 Å². The first kappa shape index (κ1) is 13.7. The van der Waals surface area contributed by atoms with Crippen LogP contribution in [-0.4, -0.2) is 15.9 Å². The van der Waals surface area contributed by atoms with Gasteiger partial charge in [-0.3, -0.25) is 4.79 Å². The van der Waals surface area contributed by atoms with Crippen LogP contribution in [0.3, 0.4) is 0 Å². The van der Waals surface area contributed by atoms with Crippen LogP contribution in [0.25, 0.3) is 0 Å². The van der Waals surface area contributed by atoms with Gasteiger partial charge in [0, 0.05) is 12.4 Å². The molecular weight excluding hydrogens is 238 g/mol. The Hall–Kier alpha value is -1.71. The lowest BCUT2D eigenvalue weighted by atomic mass is 9.84. The third-order valence-corrected chi connectivity index (χ3v) is 3.69. The molecule has 0 bridgehead atoms. The van der Waals surface area contributed by atoms with Gasteiger partial charge in [-0.15, -0.1) is 0 Å². The molecule has 19 heavy (non-hydrogen) atoms. The fourth-order valence-corrected chi connectivity index (χ4v) is 2.71. The summed E-state index contributed by atoms with van der Waals surface area (Å²) in [5.41, 5.74) is 0. The maximum Gasteiger partial charge on any atom is 0.243 e. The Morgan fingerprint density at radius 3 is 2.68 bits per heavy atom. The van der Waals surface area contributed by atoms with Gasteiger partial charge in [0.15, 0.2) is 0 Å². The maximum atomic E-state index is 11.6. The van der Waals surface area contributed by atoms with Gasteiger partial charge >= 0.3 is 0 Å². The van der Waals surface area contributed by atoms with Crippen molar-refractivity contribution >= 4 is 5.91 Å². The molecule has 1 saturated carbocycles. The van der Waals surface area contributed by atoms with Crippen LogP contribution in [0.2, 0.25) is 0 Å². The predicted octanol–water partition coefficient (Wildman–Crippen LogP) is 2.79. The molecule has 1 fully saturated rings. The molecule has 0 aromatic carbocycles. The second kappa shape index (κ2) is 7.02. The Morgan fingerprint density at radius 1 is 1.37 bits per heavy atom. The Bertz CT molecular complexity index is 413. The lowest BCUT2D eigenvalue weighted by Crippen LogP contribution is -2.30. The van der Waals surface area contributed by atoms with Gasteiger partial charge in [0.2, 0.25) is 5.91 Å². The molecule has 1 heterocycles. The zero-order valence-corrected chi connectivity index (χ0v) is 11.2. The van der Waals surface area contributed by atoms with E-state index in [2.05, 4.69) is 21.9 Å². The Labute approximate surface area is 114 Å².